The van der Waals surface area contributed by atoms with Crippen molar-refractivity contribution in [3.05, 3.63) is 29.8 Å². The number of rotatable bonds is 6. The van der Waals surface area contributed by atoms with Crippen LogP contribution in [0.15, 0.2) is 24.3 Å². The molecule has 0 bridgehead atoms. The maximum Gasteiger partial charge on any atom is 0.344 e. The molecule has 4 rings (SSSR count). The number of anilines is 1. The Balaban J connectivity index is 1.34. The van der Waals surface area contributed by atoms with Crippen LogP contribution in [0.4, 0.5) is 10.5 Å². The smallest absolute Gasteiger partial charge is 0.344 e. The van der Waals surface area contributed by atoms with Gasteiger partial charge in [0.15, 0.2) is 0 Å². The molecule has 3 fully saturated rings. The zero-order valence-corrected chi connectivity index (χ0v) is 18.5. The van der Waals surface area contributed by atoms with Gasteiger partial charge in [0.05, 0.1) is 6.54 Å². The Morgan fingerprint density at radius 2 is 1.87 bits per heavy atom. The molecule has 0 atom stereocenters. The first-order chi connectivity index (χ1) is 14.9. The van der Waals surface area contributed by atoms with E-state index in [9.17, 15) is 14.4 Å². The number of urea groups is 1. The van der Waals surface area contributed by atoms with Gasteiger partial charge in [-0.05, 0) is 63.1 Å². The summed E-state index contributed by atoms with van der Waals surface area (Å²) in [4.78, 5) is 42.2. The van der Waals surface area contributed by atoms with Gasteiger partial charge in [-0.2, -0.15) is 5.01 Å². The number of imide groups is 1. The van der Waals surface area contributed by atoms with Gasteiger partial charge in [-0.1, -0.05) is 25.1 Å². The summed E-state index contributed by atoms with van der Waals surface area (Å²) >= 11 is 0. The summed E-state index contributed by atoms with van der Waals surface area (Å²) in [6.07, 6.45) is 5.45. The molecule has 1 spiro atoms. The van der Waals surface area contributed by atoms with E-state index in [0.717, 1.165) is 30.9 Å². The van der Waals surface area contributed by atoms with Crippen LogP contribution in [0.3, 0.4) is 0 Å². The molecule has 31 heavy (non-hydrogen) atoms. The van der Waals surface area contributed by atoms with Crippen LogP contribution < -0.4 is 15.6 Å². The third-order valence-corrected chi connectivity index (χ3v) is 6.82. The van der Waals surface area contributed by atoms with Crippen LogP contribution >= 0.6 is 0 Å². The molecule has 2 saturated heterocycles. The van der Waals surface area contributed by atoms with Crippen LogP contribution in [0.5, 0.6) is 0 Å². The van der Waals surface area contributed by atoms with Gasteiger partial charge in [-0.15, -0.1) is 0 Å². The summed E-state index contributed by atoms with van der Waals surface area (Å²) in [5.41, 5.74) is 4.07. The molecule has 0 radical (unpaired) electrons. The van der Waals surface area contributed by atoms with Crippen molar-refractivity contribution in [3.8, 4) is 0 Å². The van der Waals surface area contributed by atoms with Crippen LogP contribution in [0, 0.1) is 5.92 Å². The second-order valence-electron chi connectivity index (χ2n) is 9.37. The molecule has 0 unspecified atom stereocenters. The van der Waals surface area contributed by atoms with E-state index >= 15 is 0 Å². The van der Waals surface area contributed by atoms with E-state index in [0.29, 0.717) is 25.3 Å². The highest BCUT2D eigenvalue weighted by molar-refractivity contribution is 6.08. The minimum absolute atomic E-state index is 0.0927. The summed E-state index contributed by atoms with van der Waals surface area (Å²) in [5.74, 6) is -0.151. The molecule has 168 valence electrons. The molecule has 1 aromatic rings. The molecule has 2 heterocycles. The predicted octanol–water partition coefficient (Wildman–Crippen LogP) is 2.25. The largest absolute Gasteiger partial charge is 0.371 e. The number of likely N-dealkylation sites (N-methyl/N-ethyl adjacent to an activating group) is 1. The minimum Gasteiger partial charge on any atom is -0.371 e. The topological polar surface area (TPSA) is 85.0 Å². The zero-order valence-electron chi connectivity index (χ0n) is 18.5. The number of para-hydroxylation sites is 1. The predicted molar refractivity (Wildman–Crippen MR) is 118 cm³/mol. The molecule has 8 nitrogen and oxygen atoms in total. The lowest BCUT2D eigenvalue weighted by molar-refractivity contribution is -0.140. The standard InChI is InChI=1S/C23H33N5O3/c1-17-9-11-23(12-10-17)21(30)28(22(31)24-23)25-20(29)16-26(2)15-18-7-3-4-8-19(18)27-13-5-6-14-27/h3-4,7-8,17H,5-6,9-16H2,1-2H3,(H,24,31)(H,25,29). The monoisotopic (exact) mass is 427 g/mol. The van der Waals surface area contributed by atoms with E-state index < -0.39 is 11.6 Å². The van der Waals surface area contributed by atoms with Crippen molar-refractivity contribution >= 4 is 23.5 Å². The Kier molecular flexibility index (Phi) is 6.18. The molecule has 0 aromatic heterocycles. The number of nitrogens with one attached hydrogen (secondary N) is 2. The molecule has 2 aliphatic heterocycles. The first-order valence-electron chi connectivity index (χ1n) is 11.4. The van der Waals surface area contributed by atoms with Crippen molar-refractivity contribution in [2.45, 2.75) is 57.5 Å². The minimum atomic E-state index is -0.850. The Morgan fingerprint density at radius 1 is 1.19 bits per heavy atom. The summed E-state index contributed by atoms with van der Waals surface area (Å²) in [7, 11) is 1.87. The Labute approximate surface area is 183 Å². The van der Waals surface area contributed by atoms with Crippen LogP contribution in [0.25, 0.3) is 0 Å². The van der Waals surface area contributed by atoms with Gasteiger partial charge < -0.3 is 10.2 Å². The van der Waals surface area contributed by atoms with E-state index in [1.807, 2.05) is 24.1 Å². The second-order valence-corrected chi connectivity index (χ2v) is 9.37. The number of amides is 4. The van der Waals surface area contributed by atoms with Crippen molar-refractivity contribution in [2.24, 2.45) is 5.92 Å². The lowest BCUT2D eigenvalue weighted by atomic mass is 9.77. The maximum atomic E-state index is 12.9. The Morgan fingerprint density at radius 3 is 2.58 bits per heavy atom. The van der Waals surface area contributed by atoms with E-state index in [1.54, 1.807) is 0 Å². The summed E-state index contributed by atoms with van der Waals surface area (Å²) < 4.78 is 0. The van der Waals surface area contributed by atoms with E-state index in [1.165, 1.54) is 24.1 Å². The summed E-state index contributed by atoms with van der Waals surface area (Å²) in [6, 6.07) is 7.75. The highest BCUT2D eigenvalue weighted by Gasteiger charge is 2.52. The van der Waals surface area contributed by atoms with Crippen molar-refractivity contribution in [2.75, 3.05) is 31.6 Å². The van der Waals surface area contributed by atoms with Gasteiger partial charge >= 0.3 is 6.03 Å². The lowest BCUT2D eigenvalue weighted by Gasteiger charge is -2.33. The fourth-order valence-corrected chi connectivity index (χ4v) is 4.98. The Hall–Kier alpha value is -2.61. The molecule has 8 heteroatoms. The normalized spacial score (nSPS) is 26.1. The molecule has 1 aliphatic carbocycles. The van der Waals surface area contributed by atoms with Gasteiger partial charge in [0.25, 0.3) is 11.8 Å². The molecule has 1 aromatic carbocycles. The number of nitrogens with zero attached hydrogens (tertiary/aromatic N) is 3. The average Bonchev–Trinajstić information content (AvgIpc) is 3.34. The highest BCUT2D eigenvalue weighted by atomic mass is 16.2. The summed E-state index contributed by atoms with van der Waals surface area (Å²) in [6.45, 7) is 4.99. The summed E-state index contributed by atoms with van der Waals surface area (Å²) in [5, 5.41) is 3.71. The number of hydrogen-bond donors (Lipinski definition) is 2. The molecular weight excluding hydrogens is 394 g/mol. The van der Waals surface area contributed by atoms with Gasteiger partial charge in [0.2, 0.25) is 0 Å². The van der Waals surface area contributed by atoms with Crippen LogP contribution in [0.2, 0.25) is 0 Å². The van der Waals surface area contributed by atoms with Gasteiger partial charge in [-0.25, -0.2) is 4.79 Å². The van der Waals surface area contributed by atoms with E-state index in [2.05, 4.69) is 34.7 Å². The Bertz CT molecular complexity index is 843. The zero-order chi connectivity index (χ0) is 22.0. The quantitative estimate of drug-likeness (QED) is 0.681. The van der Waals surface area contributed by atoms with Crippen molar-refractivity contribution < 1.29 is 14.4 Å². The molecule has 2 N–H and O–H groups in total. The number of carbonyl (C=O) groups is 3. The highest BCUT2D eigenvalue weighted by Crippen LogP contribution is 2.35. The number of hydrazine groups is 1. The third-order valence-electron chi connectivity index (χ3n) is 6.82. The number of benzene rings is 1. The molecule has 4 amide bonds. The van der Waals surface area contributed by atoms with Crippen molar-refractivity contribution in [3.63, 3.8) is 0 Å². The van der Waals surface area contributed by atoms with Crippen LogP contribution in [-0.2, 0) is 16.1 Å². The SMILES string of the molecule is CC1CCC2(CC1)NC(=O)N(NC(=O)CN(C)Cc1ccccc1N1CCCC1)C2=O. The molecule has 1 saturated carbocycles. The maximum absolute atomic E-state index is 12.9. The lowest BCUT2D eigenvalue weighted by Crippen LogP contribution is -2.52. The van der Waals surface area contributed by atoms with Crippen molar-refractivity contribution in [1.82, 2.24) is 20.7 Å². The second kappa shape index (κ2) is 8.86. The fraction of sp³-hybridized carbons (Fsp3) is 0.609. The molecule has 3 aliphatic rings. The average molecular weight is 428 g/mol. The van der Waals surface area contributed by atoms with Gasteiger partial charge in [0, 0.05) is 25.3 Å². The van der Waals surface area contributed by atoms with Gasteiger partial charge in [-0.3, -0.25) is 19.9 Å². The third kappa shape index (κ3) is 4.54. The van der Waals surface area contributed by atoms with E-state index in [-0.39, 0.29) is 18.4 Å². The van der Waals surface area contributed by atoms with Crippen molar-refractivity contribution in [1.29, 1.82) is 0 Å². The number of carbonyl (C=O) groups excluding carboxylic acids is 3. The van der Waals surface area contributed by atoms with Crippen LogP contribution in [-0.4, -0.2) is 60.0 Å². The molecular formula is C23H33N5O3. The number of hydrogen-bond acceptors (Lipinski definition) is 5. The first-order valence-corrected chi connectivity index (χ1v) is 11.4. The van der Waals surface area contributed by atoms with Crippen LogP contribution in [0.1, 0.15) is 51.0 Å². The van der Waals surface area contributed by atoms with E-state index in [4.69, 9.17) is 0 Å². The van der Waals surface area contributed by atoms with Gasteiger partial charge in [0.1, 0.15) is 5.54 Å². The first kappa shape index (κ1) is 21.6. The fourth-order valence-electron chi connectivity index (χ4n) is 4.98.